The number of primary amides is 1. The molecule has 3 aromatic heterocycles. The lowest BCUT2D eigenvalue weighted by Gasteiger charge is -2.15. The summed E-state index contributed by atoms with van der Waals surface area (Å²) in [6, 6.07) is 13.7. The van der Waals surface area contributed by atoms with Gasteiger partial charge >= 0.3 is 0 Å². The maximum atomic E-state index is 11.9. The fourth-order valence-electron chi connectivity index (χ4n) is 4.19. The Labute approximate surface area is 185 Å². The van der Waals surface area contributed by atoms with E-state index in [1.807, 2.05) is 35.7 Å². The van der Waals surface area contributed by atoms with Gasteiger partial charge in [0.15, 0.2) is 5.82 Å². The number of pyridine rings is 1. The van der Waals surface area contributed by atoms with E-state index in [-0.39, 0.29) is 0 Å². The van der Waals surface area contributed by atoms with Gasteiger partial charge in [-0.05, 0) is 44.0 Å². The number of hydrogen-bond acceptors (Lipinski definition) is 6. The van der Waals surface area contributed by atoms with Gasteiger partial charge in [0.2, 0.25) is 0 Å². The molecule has 0 spiro atoms. The first-order chi connectivity index (χ1) is 15.6. The summed E-state index contributed by atoms with van der Waals surface area (Å²) in [5, 5.41) is 6.99. The van der Waals surface area contributed by atoms with Gasteiger partial charge in [-0.25, -0.2) is 15.0 Å². The van der Waals surface area contributed by atoms with E-state index in [4.69, 9.17) is 15.7 Å². The SMILES string of the molecule is Cc1nc2c(C(N)=O)cccn2c1-c1nc2c(c(NCc3ccccc3)n1)CNCCC2. The summed E-state index contributed by atoms with van der Waals surface area (Å²) in [4.78, 5) is 26.4. The molecule has 4 N–H and O–H groups in total. The Hall–Kier alpha value is -3.78. The second kappa shape index (κ2) is 8.39. The van der Waals surface area contributed by atoms with E-state index in [1.54, 1.807) is 12.1 Å². The number of aryl methyl sites for hydroxylation is 2. The van der Waals surface area contributed by atoms with Gasteiger partial charge in [0.05, 0.1) is 17.0 Å². The van der Waals surface area contributed by atoms with Crippen molar-refractivity contribution in [1.82, 2.24) is 24.7 Å². The van der Waals surface area contributed by atoms with Crippen molar-refractivity contribution in [3.63, 3.8) is 0 Å². The zero-order valence-corrected chi connectivity index (χ0v) is 17.9. The van der Waals surface area contributed by atoms with E-state index in [9.17, 15) is 4.79 Å². The summed E-state index contributed by atoms with van der Waals surface area (Å²) >= 11 is 0. The Morgan fingerprint density at radius 1 is 1.16 bits per heavy atom. The van der Waals surface area contributed by atoms with Crippen molar-refractivity contribution in [2.75, 3.05) is 11.9 Å². The average molecular weight is 428 g/mol. The van der Waals surface area contributed by atoms with Crippen LogP contribution in [0.1, 0.15) is 39.3 Å². The maximum absolute atomic E-state index is 11.9. The van der Waals surface area contributed by atoms with Crippen molar-refractivity contribution in [3.05, 3.63) is 76.7 Å². The molecule has 1 aliphatic rings. The molecule has 1 amide bonds. The Morgan fingerprint density at radius 2 is 2.00 bits per heavy atom. The summed E-state index contributed by atoms with van der Waals surface area (Å²) in [6.45, 7) is 4.24. The summed E-state index contributed by atoms with van der Waals surface area (Å²) < 4.78 is 1.85. The third kappa shape index (κ3) is 3.69. The zero-order chi connectivity index (χ0) is 22.1. The van der Waals surface area contributed by atoms with Gasteiger partial charge < -0.3 is 16.4 Å². The smallest absolute Gasteiger partial charge is 0.252 e. The van der Waals surface area contributed by atoms with Crippen LogP contribution in [0.4, 0.5) is 5.82 Å². The fraction of sp³-hybridized carbons (Fsp3) is 0.250. The second-order valence-electron chi connectivity index (χ2n) is 7.97. The first-order valence-electron chi connectivity index (χ1n) is 10.8. The molecule has 4 heterocycles. The van der Waals surface area contributed by atoms with Crippen molar-refractivity contribution in [3.8, 4) is 11.5 Å². The van der Waals surface area contributed by atoms with Crippen LogP contribution in [0.3, 0.4) is 0 Å². The van der Waals surface area contributed by atoms with Crippen LogP contribution < -0.4 is 16.4 Å². The Morgan fingerprint density at radius 3 is 2.81 bits per heavy atom. The largest absolute Gasteiger partial charge is 0.366 e. The molecule has 5 rings (SSSR count). The normalized spacial score (nSPS) is 13.5. The minimum Gasteiger partial charge on any atom is -0.366 e. The van der Waals surface area contributed by atoms with E-state index in [2.05, 4.69) is 27.8 Å². The number of amides is 1. The summed E-state index contributed by atoms with van der Waals surface area (Å²) in [5.41, 5.74) is 11.3. The average Bonchev–Trinajstić information content (AvgIpc) is 2.96. The summed E-state index contributed by atoms with van der Waals surface area (Å²) in [6.07, 6.45) is 3.75. The van der Waals surface area contributed by atoms with Gasteiger partial charge in [-0.2, -0.15) is 0 Å². The predicted molar refractivity (Wildman–Crippen MR) is 123 cm³/mol. The molecular weight excluding hydrogens is 402 g/mol. The highest BCUT2D eigenvalue weighted by atomic mass is 16.1. The lowest BCUT2D eigenvalue weighted by molar-refractivity contribution is 0.100. The molecule has 8 nitrogen and oxygen atoms in total. The molecule has 0 saturated heterocycles. The topological polar surface area (TPSA) is 110 Å². The Bertz CT molecular complexity index is 1300. The van der Waals surface area contributed by atoms with Gasteiger partial charge in [-0.15, -0.1) is 0 Å². The molecule has 0 bridgehead atoms. The molecule has 0 atom stereocenters. The lowest BCUT2D eigenvalue weighted by Crippen LogP contribution is -2.16. The molecule has 1 aliphatic heterocycles. The molecule has 8 heteroatoms. The number of carbonyl (C=O) groups excluding carboxylic acids is 1. The van der Waals surface area contributed by atoms with Crippen molar-refractivity contribution >= 4 is 17.4 Å². The molecule has 4 aromatic rings. The van der Waals surface area contributed by atoms with E-state index < -0.39 is 5.91 Å². The number of benzene rings is 1. The second-order valence-corrected chi connectivity index (χ2v) is 7.97. The van der Waals surface area contributed by atoms with Crippen LogP contribution in [0, 0.1) is 6.92 Å². The zero-order valence-electron chi connectivity index (χ0n) is 17.9. The van der Waals surface area contributed by atoms with Crippen LogP contribution >= 0.6 is 0 Å². The van der Waals surface area contributed by atoms with Crippen molar-refractivity contribution in [2.24, 2.45) is 5.73 Å². The monoisotopic (exact) mass is 427 g/mol. The van der Waals surface area contributed by atoms with Gasteiger partial charge in [-0.3, -0.25) is 9.20 Å². The predicted octanol–water partition coefficient (Wildman–Crippen LogP) is 2.85. The van der Waals surface area contributed by atoms with E-state index in [0.717, 1.165) is 54.4 Å². The number of nitrogens with two attached hydrogens (primary N) is 1. The molecular formula is C24H25N7O. The quantitative estimate of drug-likeness (QED) is 0.452. The standard InChI is InChI=1S/C24H25N7O/c1-15-20(31-12-6-9-17(21(25)32)24(31)28-15)23-29-19-10-5-11-26-14-18(19)22(30-23)27-13-16-7-3-2-4-8-16/h2-4,6-9,12,26H,5,10-11,13-14H2,1H3,(H2,25,32)(H,27,29,30). The van der Waals surface area contributed by atoms with Crippen molar-refractivity contribution in [1.29, 1.82) is 0 Å². The van der Waals surface area contributed by atoms with E-state index >= 15 is 0 Å². The van der Waals surface area contributed by atoms with Crippen LogP contribution in [0.25, 0.3) is 17.2 Å². The Balaban J connectivity index is 1.63. The van der Waals surface area contributed by atoms with Crippen molar-refractivity contribution < 1.29 is 4.79 Å². The number of fused-ring (bicyclic) bond motifs is 2. The molecule has 32 heavy (non-hydrogen) atoms. The molecule has 0 radical (unpaired) electrons. The molecule has 1 aromatic carbocycles. The van der Waals surface area contributed by atoms with Crippen LogP contribution in [0.5, 0.6) is 0 Å². The van der Waals surface area contributed by atoms with Crippen LogP contribution in [0.2, 0.25) is 0 Å². The van der Waals surface area contributed by atoms with Crippen LogP contribution in [0.15, 0.2) is 48.7 Å². The molecule has 162 valence electrons. The van der Waals surface area contributed by atoms with E-state index in [1.165, 1.54) is 5.56 Å². The van der Waals surface area contributed by atoms with Gasteiger partial charge in [0.25, 0.3) is 5.91 Å². The minimum atomic E-state index is -0.508. The molecule has 0 fully saturated rings. The fourth-order valence-corrected chi connectivity index (χ4v) is 4.19. The third-order valence-electron chi connectivity index (χ3n) is 5.77. The summed E-state index contributed by atoms with van der Waals surface area (Å²) in [5.74, 6) is 0.905. The van der Waals surface area contributed by atoms with E-state index in [0.29, 0.717) is 23.6 Å². The maximum Gasteiger partial charge on any atom is 0.252 e. The number of nitrogens with zero attached hydrogens (tertiary/aromatic N) is 4. The van der Waals surface area contributed by atoms with Crippen molar-refractivity contribution in [2.45, 2.75) is 32.9 Å². The number of carbonyl (C=O) groups is 1. The van der Waals surface area contributed by atoms with Gasteiger partial charge in [-0.1, -0.05) is 30.3 Å². The third-order valence-corrected chi connectivity index (χ3v) is 5.77. The highest BCUT2D eigenvalue weighted by Crippen LogP contribution is 2.28. The Kier molecular flexibility index (Phi) is 5.28. The van der Waals surface area contributed by atoms with Crippen LogP contribution in [-0.2, 0) is 19.5 Å². The van der Waals surface area contributed by atoms with Gasteiger partial charge in [0.1, 0.15) is 17.2 Å². The minimum absolute atomic E-state index is 0.378. The number of hydrogen-bond donors (Lipinski definition) is 3. The van der Waals surface area contributed by atoms with Crippen LogP contribution in [-0.4, -0.2) is 31.8 Å². The molecule has 0 unspecified atom stereocenters. The number of aromatic nitrogens is 4. The molecule has 0 aliphatic carbocycles. The number of anilines is 1. The number of imidazole rings is 1. The first kappa shape index (κ1) is 20.1. The highest BCUT2D eigenvalue weighted by molar-refractivity contribution is 5.99. The lowest BCUT2D eigenvalue weighted by atomic mass is 10.1. The highest BCUT2D eigenvalue weighted by Gasteiger charge is 2.22. The molecule has 0 saturated carbocycles. The first-order valence-corrected chi connectivity index (χ1v) is 10.8. The van der Waals surface area contributed by atoms with Gasteiger partial charge in [0, 0.05) is 24.8 Å². The number of rotatable bonds is 5. The number of nitrogens with one attached hydrogen (secondary N) is 2. The summed E-state index contributed by atoms with van der Waals surface area (Å²) in [7, 11) is 0.